The molecule has 0 aliphatic heterocycles. The van der Waals surface area contributed by atoms with Crippen molar-refractivity contribution in [2.24, 2.45) is 11.8 Å². The molecule has 2 heterocycles. The third kappa shape index (κ3) is 3.84. The van der Waals surface area contributed by atoms with E-state index in [-0.39, 0.29) is 35.5 Å². The van der Waals surface area contributed by atoms with Gasteiger partial charge in [0.1, 0.15) is 0 Å². The molecule has 2 aromatic heterocycles. The van der Waals surface area contributed by atoms with Crippen molar-refractivity contribution >= 4 is 24.9 Å². The molecule has 10 nitrogen and oxygen atoms in total. The summed E-state index contributed by atoms with van der Waals surface area (Å²) >= 11 is 0. The van der Waals surface area contributed by atoms with Crippen molar-refractivity contribution < 1.29 is 18.9 Å². The topological polar surface area (TPSA) is 156 Å². The molecule has 2 unspecified atom stereocenters. The van der Waals surface area contributed by atoms with E-state index in [1.165, 1.54) is 0 Å². The number of hydrogen-bond donors (Lipinski definition) is 4. The third-order valence-corrected chi connectivity index (χ3v) is 4.93. The first kappa shape index (κ1) is 17.1. The normalized spacial score (nSPS) is 22.1. The molecular formula is C13H20N5O5P. The van der Waals surface area contributed by atoms with Gasteiger partial charge >= 0.3 is 7.82 Å². The lowest BCUT2D eigenvalue weighted by Crippen LogP contribution is -2.27. The van der Waals surface area contributed by atoms with E-state index in [2.05, 4.69) is 15.0 Å². The first-order valence-electron chi connectivity index (χ1n) is 7.74. The SMILES string of the molecule is Nc1nc2c(ncn2CC2CCCCC2COP(=O)(O)O)c(=O)[nH]1. The summed E-state index contributed by atoms with van der Waals surface area (Å²) in [6.45, 7) is 0.555. The summed E-state index contributed by atoms with van der Waals surface area (Å²) in [5.74, 6) is 0.215. The zero-order valence-electron chi connectivity index (χ0n) is 13.0. The molecule has 5 N–H and O–H groups in total. The second-order valence-electron chi connectivity index (χ2n) is 6.11. The smallest absolute Gasteiger partial charge is 0.369 e. The van der Waals surface area contributed by atoms with Gasteiger partial charge in [-0.15, -0.1) is 0 Å². The maximum atomic E-state index is 11.8. The number of phosphoric acid groups is 1. The molecule has 24 heavy (non-hydrogen) atoms. The Balaban J connectivity index is 1.80. The van der Waals surface area contributed by atoms with Crippen LogP contribution in [0.4, 0.5) is 5.95 Å². The highest BCUT2D eigenvalue weighted by molar-refractivity contribution is 7.46. The van der Waals surface area contributed by atoms with Gasteiger partial charge in [0.25, 0.3) is 5.56 Å². The fourth-order valence-corrected chi connectivity index (χ4v) is 3.68. The number of phosphoric ester groups is 1. The van der Waals surface area contributed by atoms with Crippen LogP contribution in [0.2, 0.25) is 0 Å². The van der Waals surface area contributed by atoms with E-state index >= 15 is 0 Å². The van der Waals surface area contributed by atoms with Crippen molar-refractivity contribution in [2.75, 3.05) is 12.3 Å². The van der Waals surface area contributed by atoms with Gasteiger partial charge in [-0.3, -0.25) is 14.3 Å². The minimum Gasteiger partial charge on any atom is -0.369 e. The van der Waals surface area contributed by atoms with Crippen LogP contribution in [0, 0.1) is 11.8 Å². The number of aromatic nitrogens is 4. The number of anilines is 1. The van der Waals surface area contributed by atoms with Crippen LogP contribution in [-0.2, 0) is 15.6 Å². The number of nitrogens with two attached hydrogens (primary N) is 1. The van der Waals surface area contributed by atoms with Crippen molar-refractivity contribution in [3.05, 3.63) is 16.7 Å². The minimum atomic E-state index is -4.48. The van der Waals surface area contributed by atoms with E-state index in [4.69, 9.17) is 20.0 Å². The third-order valence-electron chi connectivity index (χ3n) is 4.45. The highest BCUT2D eigenvalue weighted by Crippen LogP contribution is 2.40. The number of nitrogens with one attached hydrogen (secondary N) is 1. The number of H-pyrrole nitrogens is 1. The zero-order valence-corrected chi connectivity index (χ0v) is 13.9. The lowest BCUT2D eigenvalue weighted by molar-refractivity contribution is 0.108. The zero-order chi connectivity index (χ0) is 17.3. The van der Waals surface area contributed by atoms with Gasteiger partial charge in [0, 0.05) is 6.54 Å². The minimum absolute atomic E-state index is 0.0116. The Labute approximate surface area is 137 Å². The Kier molecular flexibility index (Phi) is 4.73. The van der Waals surface area contributed by atoms with E-state index in [9.17, 15) is 9.36 Å². The Morgan fingerprint density at radius 2 is 2.08 bits per heavy atom. The first-order chi connectivity index (χ1) is 11.3. The summed E-state index contributed by atoms with van der Waals surface area (Å²) in [5, 5.41) is 0. The highest BCUT2D eigenvalue weighted by Gasteiger charge is 2.29. The fourth-order valence-electron chi connectivity index (χ4n) is 3.29. The molecule has 132 valence electrons. The lowest BCUT2D eigenvalue weighted by atomic mass is 9.79. The average Bonchev–Trinajstić information content (AvgIpc) is 2.89. The lowest BCUT2D eigenvalue weighted by Gasteiger charge is -2.31. The fraction of sp³-hybridized carbons (Fsp3) is 0.615. The number of nitrogens with zero attached hydrogens (tertiary/aromatic N) is 3. The van der Waals surface area contributed by atoms with Crippen molar-refractivity contribution in [1.82, 2.24) is 19.5 Å². The molecule has 2 atom stereocenters. The maximum absolute atomic E-state index is 11.8. The number of imidazole rings is 1. The van der Waals surface area contributed by atoms with Crippen LogP contribution >= 0.6 is 7.82 Å². The number of aromatic amines is 1. The van der Waals surface area contributed by atoms with Gasteiger partial charge in [0.05, 0.1) is 12.9 Å². The summed E-state index contributed by atoms with van der Waals surface area (Å²) in [5.41, 5.74) is 5.85. The van der Waals surface area contributed by atoms with E-state index in [0.717, 1.165) is 25.7 Å². The largest absolute Gasteiger partial charge is 0.469 e. The van der Waals surface area contributed by atoms with Crippen molar-refractivity contribution in [1.29, 1.82) is 0 Å². The number of fused-ring (bicyclic) bond motifs is 1. The average molecular weight is 357 g/mol. The summed E-state index contributed by atoms with van der Waals surface area (Å²) in [4.78, 5) is 40.3. The molecule has 3 rings (SSSR count). The molecule has 2 aromatic rings. The second kappa shape index (κ2) is 6.64. The Morgan fingerprint density at radius 1 is 1.38 bits per heavy atom. The molecule has 0 radical (unpaired) electrons. The maximum Gasteiger partial charge on any atom is 0.469 e. The standard InChI is InChI=1S/C13H20N5O5P/c14-13-16-11-10(12(19)17-13)15-7-18(11)5-8-3-1-2-4-9(8)6-23-24(20,21)22/h7-9H,1-6H2,(H2,20,21,22)(H3,14,16,17,19). The molecule has 0 bridgehead atoms. The Bertz CT molecular complexity index is 828. The molecule has 0 saturated heterocycles. The van der Waals surface area contributed by atoms with Gasteiger partial charge < -0.3 is 20.1 Å². The Hall–Kier alpha value is -1.74. The van der Waals surface area contributed by atoms with E-state index in [0.29, 0.717) is 12.2 Å². The van der Waals surface area contributed by atoms with Gasteiger partial charge in [0.2, 0.25) is 5.95 Å². The predicted molar refractivity (Wildman–Crippen MR) is 86.0 cm³/mol. The summed E-state index contributed by atoms with van der Waals surface area (Å²) in [6.07, 6.45) is 5.34. The first-order valence-corrected chi connectivity index (χ1v) is 9.27. The van der Waals surface area contributed by atoms with Crippen LogP contribution in [0.15, 0.2) is 11.1 Å². The van der Waals surface area contributed by atoms with Crippen LogP contribution < -0.4 is 11.3 Å². The monoisotopic (exact) mass is 357 g/mol. The number of nitrogen functional groups attached to an aromatic ring is 1. The quantitative estimate of drug-likeness (QED) is 0.567. The van der Waals surface area contributed by atoms with Crippen LogP contribution in [0.5, 0.6) is 0 Å². The molecule has 1 fully saturated rings. The van der Waals surface area contributed by atoms with Gasteiger partial charge in [-0.05, 0) is 24.7 Å². The van der Waals surface area contributed by atoms with Crippen molar-refractivity contribution in [3.63, 3.8) is 0 Å². The second-order valence-corrected chi connectivity index (χ2v) is 7.35. The van der Waals surface area contributed by atoms with Crippen molar-refractivity contribution in [3.8, 4) is 0 Å². The van der Waals surface area contributed by atoms with E-state index < -0.39 is 7.82 Å². The molecule has 1 aliphatic rings. The van der Waals surface area contributed by atoms with Gasteiger partial charge in [-0.2, -0.15) is 4.98 Å². The number of hydrogen-bond acceptors (Lipinski definition) is 6. The molecule has 0 spiro atoms. The predicted octanol–water partition coefficient (Wildman–Crippen LogP) is 0.617. The molecule has 0 amide bonds. The van der Waals surface area contributed by atoms with E-state index in [1.807, 2.05) is 0 Å². The van der Waals surface area contributed by atoms with Gasteiger partial charge in [-0.25, -0.2) is 9.55 Å². The number of rotatable bonds is 5. The van der Waals surface area contributed by atoms with Gasteiger partial charge in [0.15, 0.2) is 11.2 Å². The molecule has 11 heteroatoms. The van der Waals surface area contributed by atoms with Crippen LogP contribution in [0.1, 0.15) is 25.7 Å². The summed E-state index contributed by atoms with van der Waals surface area (Å²) in [7, 11) is -4.48. The van der Waals surface area contributed by atoms with Gasteiger partial charge in [-0.1, -0.05) is 12.8 Å². The van der Waals surface area contributed by atoms with Crippen LogP contribution in [0.25, 0.3) is 11.2 Å². The van der Waals surface area contributed by atoms with E-state index in [1.54, 1.807) is 10.9 Å². The summed E-state index contributed by atoms with van der Waals surface area (Å²) < 4.78 is 17.4. The molecule has 1 aliphatic carbocycles. The molecular weight excluding hydrogens is 337 g/mol. The van der Waals surface area contributed by atoms with Crippen LogP contribution in [0.3, 0.4) is 0 Å². The molecule has 1 saturated carbocycles. The van der Waals surface area contributed by atoms with Crippen molar-refractivity contribution in [2.45, 2.75) is 32.2 Å². The van der Waals surface area contributed by atoms with Crippen LogP contribution in [-0.4, -0.2) is 35.9 Å². The Morgan fingerprint density at radius 3 is 2.79 bits per heavy atom. The molecule has 0 aromatic carbocycles. The summed E-state index contributed by atoms with van der Waals surface area (Å²) in [6, 6.07) is 0. The highest BCUT2D eigenvalue weighted by atomic mass is 31.2.